The molecule has 0 radical (unpaired) electrons. The Morgan fingerprint density at radius 3 is 2.35 bits per heavy atom. The van der Waals surface area contributed by atoms with Crippen molar-refractivity contribution in [2.75, 3.05) is 65.5 Å². The van der Waals surface area contributed by atoms with Gasteiger partial charge in [0.25, 0.3) is 0 Å². The molecule has 31 heavy (non-hydrogen) atoms. The average molecular weight is 436 g/mol. The molecule has 1 heterocycles. The highest BCUT2D eigenvalue weighted by molar-refractivity contribution is 5.78. The molecule has 0 aliphatic carbocycles. The average Bonchev–Trinajstić information content (AvgIpc) is 2.74. The summed E-state index contributed by atoms with van der Waals surface area (Å²) in [6, 6.07) is 7.55. The van der Waals surface area contributed by atoms with Gasteiger partial charge in [0, 0.05) is 39.1 Å². The molecule has 2 rings (SSSR count). The molecule has 8 heteroatoms. The van der Waals surface area contributed by atoms with Crippen LogP contribution in [-0.4, -0.2) is 87.0 Å². The number of carboxylic acid groups (broad SMARTS) is 1. The van der Waals surface area contributed by atoms with Gasteiger partial charge in [0.05, 0.1) is 6.61 Å². The number of hydrogen-bond donors (Lipinski definition) is 5. The Morgan fingerprint density at radius 1 is 1.03 bits per heavy atom. The van der Waals surface area contributed by atoms with Crippen LogP contribution in [0.25, 0.3) is 0 Å². The summed E-state index contributed by atoms with van der Waals surface area (Å²) < 4.78 is 5.89. The summed E-state index contributed by atoms with van der Waals surface area (Å²) in [5.41, 5.74) is 5.45. The Morgan fingerprint density at radius 2 is 1.68 bits per heavy atom. The van der Waals surface area contributed by atoms with Crippen molar-refractivity contribution in [1.29, 1.82) is 0 Å². The minimum Gasteiger partial charge on any atom is -0.494 e. The topological polar surface area (TPSA) is 112 Å². The first-order chi connectivity index (χ1) is 15.0. The number of carboxylic acids is 1. The number of carbonyl (C=O) groups is 1. The third-order valence-electron chi connectivity index (χ3n) is 5.49. The third kappa shape index (κ3) is 10.9. The number of ether oxygens (including phenoxy) is 1. The summed E-state index contributed by atoms with van der Waals surface area (Å²) in [5.74, 6) is -0.193. The molecule has 1 atom stereocenters. The van der Waals surface area contributed by atoms with Gasteiger partial charge in [-0.25, -0.2) is 0 Å². The highest BCUT2D eigenvalue weighted by Gasteiger charge is 2.27. The van der Waals surface area contributed by atoms with Crippen molar-refractivity contribution in [2.24, 2.45) is 5.73 Å². The van der Waals surface area contributed by atoms with Gasteiger partial charge in [0.2, 0.25) is 0 Å². The number of nitrogens with one attached hydrogen (secondary N) is 3. The number of hydrogen-bond acceptors (Lipinski definition) is 7. The van der Waals surface area contributed by atoms with Crippen molar-refractivity contribution in [3.05, 3.63) is 29.8 Å². The highest BCUT2D eigenvalue weighted by atomic mass is 16.5. The second kappa shape index (κ2) is 14.4. The predicted molar refractivity (Wildman–Crippen MR) is 125 cm³/mol. The van der Waals surface area contributed by atoms with Crippen LogP contribution in [0.4, 0.5) is 0 Å². The van der Waals surface area contributed by atoms with Gasteiger partial charge in [-0.1, -0.05) is 12.1 Å². The predicted octanol–water partition coefficient (Wildman–Crippen LogP) is 0.665. The maximum atomic E-state index is 11.2. The molecule has 1 aliphatic rings. The maximum absolute atomic E-state index is 11.2. The number of aliphatic carboxylic acids is 1. The molecule has 0 saturated carbocycles. The van der Waals surface area contributed by atoms with Crippen molar-refractivity contribution in [1.82, 2.24) is 20.9 Å². The van der Waals surface area contributed by atoms with E-state index in [1.165, 1.54) is 6.92 Å². The minimum absolute atomic E-state index is 0.289. The van der Waals surface area contributed by atoms with Crippen molar-refractivity contribution in [3.8, 4) is 5.75 Å². The van der Waals surface area contributed by atoms with E-state index >= 15 is 0 Å². The fraction of sp³-hybridized carbons (Fsp3) is 0.696. The monoisotopic (exact) mass is 435 g/mol. The van der Waals surface area contributed by atoms with Gasteiger partial charge in [-0.05, 0) is 70.1 Å². The molecule has 1 unspecified atom stereocenters. The standard InChI is InChI=1S/C23H41N5O3/c1-23(24,22(29)30)19-20-5-7-21(8-6-20)31-18-4-16-28-15-3-11-26-13-12-25-9-2-10-27-14-17-28/h5-8,25-27H,2-4,9-19,24H2,1H3,(H,29,30). The number of nitrogens with two attached hydrogens (primary N) is 1. The molecule has 176 valence electrons. The van der Waals surface area contributed by atoms with E-state index in [0.717, 1.165) is 89.5 Å². The molecular formula is C23H41N5O3. The van der Waals surface area contributed by atoms with E-state index in [2.05, 4.69) is 20.9 Å². The molecule has 0 bridgehead atoms. The van der Waals surface area contributed by atoms with Crippen LogP contribution in [0, 0.1) is 0 Å². The van der Waals surface area contributed by atoms with Crippen molar-refractivity contribution < 1.29 is 14.6 Å². The second-order valence-corrected chi connectivity index (χ2v) is 8.54. The smallest absolute Gasteiger partial charge is 0.323 e. The second-order valence-electron chi connectivity index (χ2n) is 8.54. The zero-order valence-corrected chi connectivity index (χ0v) is 19.0. The molecule has 0 spiro atoms. The molecule has 1 saturated heterocycles. The lowest BCUT2D eigenvalue weighted by Gasteiger charge is -2.23. The van der Waals surface area contributed by atoms with Gasteiger partial charge in [0.15, 0.2) is 0 Å². The Bertz CT molecular complexity index is 610. The SMILES string of the molecule is CC(N)(Cc1ccc(OCCCN2CCCNCCNCCCNCC2)cc1)C(=O)O. The lowest BCUT2D eigenvalue weighted by molar-refractivity contribution is -0.142. The molecule has 1 fully saturated rings. The van der Waals surface area contributed by atoms with Crippen LogP contribution in [0.5, 0.6) is 5.75 Å². The lowest BCUT2D eigenvalue weighted by Crippen LogP contribution is -2.46. The summed E-state index contributed by atoms with van der Waals surface area (Å²) in [7, 11) is 0. The van der Waals surface area contributed by atoms with Gasteiger partial charge in [0.1, 0.15) is 11.3 Å². The Hall–Kier alpha value is -1.71. The molecule has 1 aromatic carbocycles. The summed E-state index contributed by atoms with van der Waals surface area (Å²) in [5, 5.41) is 19.7. The lowest BCUT2D eigenvalue weighted by atomic mass is 9.94. The van der Waals surface area contributed by atoms with Crippen molar-refractivity contribution >= 4 is 5.97 Å². The summed E-state index contributed by atoms with van der Waals surface area (Å²) in [6.45, 7) is 11.6. The quantitative estimate of drug-likeness (QED) is 0.379. The van der Waals surface area contributed by atoms with Gasteiger partial charge in [-0.3, -0.25) is 4.79 Å². The molecule has 0 aromatic heterocycles. The molecule has 1 aliphatic heterocycles. The largest absolute Gasteiger partial charge is 0.494 e. The third-order valence-corrected chi connectivity index (χ3v) is 5.49. The molecule has 0 amide bonds. The summed E-state index contributed by atoms with van der Waals surface area (Å²) >= 11 is 0. The van der Waals surface area contributed by atoms with E-state index in [4.69, 9.17) is 15.6 Å². The van der Waals surface area contributed by atoms with E-state index in [9.17, 15) is 4.79 Å². The van der Waals surface area contributed by atoms with Crippen LogP contribution in [0.1, 0.15) is 31.7 Å². The first-order valence-corrected chi connectivity index (χ1v) is 11.6. The Kier molecular flexibility index (Phi) is 11.8. The maximum Gasteiger partial charge on any atom is 0.323 e. The Balaban J connectivity index is 1.69. The number of benzene rings is 1. The van der Waals surface area contributed by atoms with Crippen LogP contribution >= 0.6 is 0 Å². The fourth-order valence-electron chi connectivity index (χ4n) is 3.57. The van der Waals surface area contributed by atoms with Crippen LogP contribution in [0.2, 0.25) is 0 Å². The number of rotatable bonds is 8. The van der Waals surface area contributed by atoms with Gasteiger partial charge in [-0.15, -0.1) is 0 Å². The van der Waals surface area contributed by atoms with Gasteiger partial charge in [-0.2, -0.15) is 0 Å². The fourth-order valence-corrected chi connectivity index (χ4v) is 3.57. The van der Waals surface area contributed by atoms with E-state index in [1.54, 1.807) is 0 Å². The molecule has 8 nitrogen and oxygen atoms in total. The molecular weight excluding hydrogens is 394 g/mol. The first kappa shape index (κ1) is 25.5. The minimum atomic E-state index is -1.26. The zero-order chi connectivity index (χ0) is 22.4. The Labute approximate surface area is 186 Å². The summed E-state index contributed by atoms with van der Waals surface area (Å²) in [4.78, 5) is 13.7. The van der Waals surface area contributed by atoms with E-state index < -0.39 is 11.5 Å². The van der Waals surface area contributed by atoms with Gasteiger partial charge >= 0.3 is 5.97 Å². The molecule has 1 aromatic rings. The van der Waals surface area contributed by atoms with Crippen LogP contribution in [0.3, 0.4) is 0 Å². The van der Waals surface area contributed by atoms with E-state index in [0.29, 0.717) is 6.61 Å². The number of nitrogens with zero attached hydrogens (tertiary/aromatic N) is 1. The van der Waals surface area contributed by atoms with Crippen molar-refractivity contribution in [2.45, 2.75) is 38.1 Å². The van der Waals surface area contributed by atoms with E-state index in [1.807, 2.05) is 24.3 Å². The molecule has 6 N–H and O–H groups in total. The summed E-state index contributed by atoms with van der Waals surface area (Å²) in [6.07, 6.45) is 3.57. The zero-order valence-electron chi connectivity index (χ0n) is 19.0. The van der Waals surface area contributed by atoms with Crippen LogP contribution in [0.15, 0.2) is 24.3 Å². The highest BCUT2D eigenvalue weighted by Crippen LogP contribution is 2.16. The normalized spacial score (nSPS) is 19.8. The van der Waals surface area contributed by atoms with Crippen molar-refractivity contribution in [3.63, 3.8) is 0 Å². The van der Waals surface area contributed by atoms with Crippen LogP contribution in [-0.2, 0) is 11.2 Å². The van der Waals surface area contributed by atoms with Gasteiger partial charge < -0.3 is 36.4 Å². The van der Waals surface area contributed by atoms with Crippen LogP contribution < -0.4 is 26.4 Å². The van der Waals surface area contributed by atoms with E-state index in [-0.39, 0.29) is 6.42 Å². The first-order valence-electron chi connectivity index (χ1n) is 11.6.